The Hall–Kier alpha value is -2.50. The summed E-state index contributed by atoms with van der Waals surface area (Å²) in [6.07, 6.45) is 2.07. The molecule has 2 N–H and O–H groups in total. The van der Waals surface area contributed by atoms with Crippen molar-refractivity contribution in [3.63, 3.8) is 0 Å². The second-order valence-electron chi connectivity index (χ2n) is 6.97. The highest BCUT2D eigenvalue weighted by atomic mass is 19.4. The first kappa shape index (κ1) is 16.9. The van der Waals surface area contributed by atoms with Crippen LogP contribution in [0.5, 0.6) is 0 Å². The summed E-state index contributed by atoms with van der Waals surface area (Å²) in [5.41, 5.74) is 5.54. The molecule has 0 radical (unpaired) electrons. The molecule has 1 aromatic carbocycles. The van der Waals surface area contributed by atoms with E-state index >= 15 is 0 Å². The van der Waals surface area contributed by atoms with Crippen molar-refractivity contribution in [1.29, 1.82) is 0 Å². The van der Waals surface area contributed by atoms with Gasteiger partial charge >= 0.3 is 6.18 Å². The molecule has 1 aromatic heterocycles. The molecular formula is C20H19F3N2O. The normalized spacial score (nSPS) is 23.0. The maximum atomic E-state index is 14.4. The summed E-state index contributed by atoms with van der Waals surface area (Å²) in [5.74, 6) is -0.712. The Bertz CT molecular complexity index is 952. The Balaban J connectivity index is 2.00. The molecule has 0 saturated heterocycles. The number of nitrogens with zero attached hydrogens (tertiary/aromatic N) is 1. The van der Waals surface area contributed by atoms with Gasteiger partial charge in [0.1, 0.15) is 0 Å². The van der Waals surface area contributed by atoms with Crippen molar-refractivity contribution in [2.24, 2.45) is 5.73 Å². The van der Waals surface area contributed by atoms with Crippen molar-refractivity contribution in [2.45, 2.75) is 43.8 Å². The van der Waals surface area contributed by atoms with Crippen LogP contribution in [-0.4, -0.2) is 16.7 Å². The fourth-order valence-corrected chi connectivity index (χ4v) is 4.27. The summed E-state index contributed by atoms with van der Waals surface area (Å²) in [4.78, 5) is 11.4. The number of alkyl halides is 3. The number of halogens is 3. The van der Waals surface area contributed by atoms with Gasteiger partial charge in [0.2, 0.25) is 5.91 Å². The van der Waals surface area contributed by atoms with Gasteiger partial charge in [0, 0.05) is 28.6 Å². The molecule has 0 bridgehead atoms. The lowest BCUT2D eigenvalue weighted by Gasteiger charge is -2.38. The van der Waals surface area contributed by atoms with E-state index in [0.717, 1.165) is 42.0 Å². The lowest BCUT2D eigenvalue weighted by molar-refractivity contribution is -0.196. The Kier molecular flexibility index (Phi) is 3.75. The number of hydrogen-bond donors (Lipinski definition) is 1. The zero-order valence-electron chi connectivity index (χ0n) is 14.1. The predicted octanol–water partition coefficient (Wildman–Crippen LogP) is 4.15. The molecule has 2 aliphatic rings. The first-order valence-electron chi connectivity index (χ1n) is 8.73. The standard InChI is InChI=1S/C20H19F3N2O/c21-20(22,23)19(11-9-13(10-12-19)18(24)26)25-16-7-3-1-5-14(16)15-6-2-4-8-17(15)25/h1,3,5,7,9-11H,2,4,6,8,12H2,(H2,24,26). The zero-order valence-corrected chi connectivity index (χ0v) is 14.1. The van der Waals surface area contributed by atoms with E-state index in [1.807, 2.05) is 12.1 Å². The third kappa shape index (κ3) is 2.31. The third-order valence-corrected chi connectivity index (χ3v) is 5.52. The minimum absolute atomic E-state index is 0.121. The van der Waals surface area contributed by atoms with E-state index in [-0.39, 0.29) is 12.0 Å². The smallest absolute Gasteiger partial charge is 0.366 e. The van der Waals surface area contributed by atoms with Gasteiger partial charge in [-0.15, -0.1) is 0 Å². The van der Waals surface area contributed by atoms with Crippen LogP contribution in [0.25, 0.3) is 10.9 Å². The van der Waals surface area contributed by atoms with Gasteiger partial charge in [-0.3, -0.25) is 4.79 Å². The molecule has 3 nitrogen and oxygen atoms in total. The summed E-state index contributed by atoms with van der Waals surface area (Å²) >= 11 is 0. The number of amides is 1. The lowest BCUT2D eigenvalue weighted by atomic mass is 9.86. The fraction of sp³-hybridized carbons (Fsp3) is 0.350. The summed E-state index contributed by atoms with van der Waals surface area (Å²) < 4.78 is 44.6. The van der Waals surface area contributed by atoms with Crippen LogP contribution in [-0.2, 0) is 23.2 Å². The Morgan fingerprint density at radius 3 is 2.54 bits per heavy atom. The van der Waals surface area contributed by atoms with E-state index in [0.29, 0.717) is 11.9 Å². The van der Waals surface area contributed by atoms with Gasteiger partial charge in [-0.2, -0.15) is 13.2 Å². The van der Waals surface area contributed by atoms with Gasteiger partial charge in [0.05, 0.1) is 0 Å². The molecule has 2 aliphatic carbocycles. The van der Waals surface area contributed by atoms with E-state index in [1.165, 1.54) is 16.7 Å². The Morgan fingerprint density at radius 2 is 1.88 bits per heavy atom. The van der Waals surface area contributed by atoms with Crippen LogP contribution in [0, 0.1) is 0 Å². The van der Waals surface area contributed by atoms with E-state index < -0.39 is 17.6 Å². The van der Waals surface area contributed by atoms with Gasteiger partial charge in [0.15, 0.2) is 5.54 Å². The van der Waals surface area contributed by atoms with Crippen LogP contribution in [0.15, 0.2) is 48.1 Å². The SMILES string of the molecule is NC(=O)C1=CCC(n2c3c(c4ccccc42)CCCC3)(C(F)(F)F)C=C1. The third-order valence-electron chi connectivity index (χ3n) is 5.52. The molecule has 0 aliphatic heterocycles. The van der Waals surface area contributed by atoms with Crippen LogP contribution in [0.4, 0.5) is 13.2 Å². The molecule has 1 atom stereocenters. The van der Waals surface area contributed by atoms with Gasteiger partial charge < -0.3 is 10.3 Å². The highest BCUT2D eigenvalue weighted by molar-refractivity contribution is 5.95. The number of benzene rings is 1. The minimum Gasteiger partial charge on any atom is -0.366 e. The quantitative estimate of drug-likeness (QED) is 0.859. The number of allylic oxidation sites excluding steroid dienone is 2. The highest BCUT2D eigenvalue weighted by Crippen LogP contribution is 2.48. The number of hydrogen-bond acceptors (Lipinski definition) is 1. The maximum Gasteiger partial charge on any atom is 0.415 e. The molecule has 136 valence electrons. The molecule has 0 fully saturated rings. The number of carbonyl (C=O) groups is 1. The lowest BCUT2D eigenvalue weighted by Crippen LogP contribution is -2.47. The van der Waals surface area contributed by atoms with Crippen molar-refractivity contribution < 1.29 is 18.0 Å². The molecule has 0 spiro atoms. The molecule has 1 unspecified atom stereocenters. The maximum absolute atomic E-state index is 14.4. The zero-order chi connectivity index (χ0) is 18.5. The van der Waals surface area contributed by atoms with Crippen molar-refractivity contribution in [2.75, 3.05) is 0 Å². The summed E-state index contributed by atoms with van der Waals surface area (Å²) in [5, 5.41) is 0.893. The summed E-state index contributed by atoms with van der Waals surface area (Å²) in [6, 6.07) is 7.29. The average molecular weight is 360 g/mol. The number of aromatic nitrogens is 1. The topological polar surface area (TPSA) is 48.0 Å². The summed E-state index contributed by atoms with van der Waals surface area (Å²) in [6.45, 7) is 0. The van der Waals surface area contributed by atoms with Crippen LogP contribution >= 0.6 is 0 Å². The second kappa shape index (κ2) is 5.76. The van der Waals surface area contributed by atoms with Crippen molar-refractivity contribution in [3.8, 4) is 0 Å². The molecule has 4 rings (SSSR count). The van der Waals surface area contributed by atoms with Gasteiger partial charge in [0.25, 0.3) is 0 Å². The van der Waals surface area contributed by atoms with E-state index in [1.54, 1.807) is 12.1 Å². The molecule has 1 heterocycles. The van der Waals surface area contributed by atoms with Crippen LogP contribution in [0.1, 0.15) is 30.5 Å². The van der Waals surface area contributed by atoms with Gasteiger partial charge in [-0.05, 0) is 43.4 Å². The number of para-hydroxylation sites is 1. The fourth-order valence-electron chi connectivity index (χ4n) is 4.27. The van der Waals surface area contributed by atoms with Crippen LogP contribution in [0.3, 0.4) is 0 Å². The molecule has 2 aromatic rings. The average Bonchev–Trinajstić information content (AvgIpc) is 2.95. The molecule has 6 heteroatoms. The number of carbonyl (C=O) groups excluding carboxylic acids is 1. The first-order chi connectivity index (χ1) is 12.3. The Labute approximate surface area is 149 Å². The monoisotopic (exact) mass is 360 g/mol. The molecule has 0 saturated carbocycles. The number of primary amides is 1. The number of aryl methyl sites for hydroxylation is 1. The number of fused-ring (bicyclic) bond motifs is 3. The van der Waals surface area contributed by atoms with E-state index in [4.69, 9.17) is 5.73 Å². The number of rotatable bonds is 2. The van der Waals surface area contributed by atoms with Crippen LogP contribution < -0.4 is 5.73 Å². The van der Waals surface area contributed by atoms with Gasteiger partial charge in [-0.25, -0.2) is 0 Å². The molecule has 1 amide bonds. The van der Waals surface area contributed by atoms with Crippen molar-refractivity contribution in [1.82, 2.24) is 4.57 Å². The van der Waals surface area contributed by atoms with Crippen molar-refractivity contribution in [3.05, 3.63) is 59.3 Å². The van der Waals surface area contributed by atoms with E-state index in [9.17, 15) is 18.0 Å². The van der Waals surface area contributed by atoms with Crippen LogP contribution in [0.2, 0.25) is 0 Å². The van der Waals surface area contributed by atoms with Crippen molar-refractivity contribution >= 4 is 16.8 Å². The number of nitrogens with two attached hydrogens (primary N) is 1. The molecule has 26 heavy (non-hydrogen) atoms. The minimum atomic E-state index is -4.50. The highest BCUT2D eigenvalue weighted by Gasteiger charge is 2.56. The summed E-state index contributed by atoms with van der Waals surface area (Å²) in [7, 11) is 0. The van der Waals surface area contributed by atoms with E-state index in [2.05, 4.69) is 0 Å². The first-order valence-corrected chi connectivity index (χ1v) is 8.73. The largest absolute Gasteiger partial charge is 0.415 e. The second-order valence-corrected chi connectivity index (χ2v) is 6.97. The molecular weight excluding hydrogens is 341 g/mol. The Morgan fingerprint density at radius 1 is 1.15 bits per heavy atom. The predicted molar refractivity (Wildman–Crippen MR) is 93.6 cm³/mol. The van der Waals surface area contributed by atoms with Gasteiger partial charge in [-0.1, -0.05) is 30.4 Å².